The molecule has 0 aromatic heterocycles. The van der Waals surface area contributed by atoms with Crippen LogP contribution in [0.5, 0.6) is 0 Å². The Balaban J connectivity index is 2.42. The second kappa shape index (κ2) is 12.3. The van der Waals surface area contributed by atoms with Gasteiger partial charge in [-0.25, -0.2) is 0 Å². The summed E-state index contributed by atoms with van der Waals surface area (Å²) >= 11 is 0. The van der Waals surface area contributed by atoms with E-state index in [0.29, 0.717) is 44.7 Å². The Hall–Kier alpha value is -0.200. The van der Waals surface area contributed by atoms with Crippen LogP contribution in [0.3, 0.4) is 0 Å². The molecule has 0 saturated heterocycles. The Morgan fingerprint density at radius 1 is 0.909 bits per heavy atom. The summed E-state index contributed by atoms with van der Waals surface area (Å²) in [6, 6.07) is 0. The summed E-state index contributed by atoms with van der Waals surface area (Å²) in [5.41, 5.74) is 0.327. The number of aliphatic hydroxyl groups excluding tert-OH is 1. The third-order valence-electron chi connectivity index (χ3n) is 4.75. The fourth-order valence-electron chi connectivity index (χ4n) is 3.49. The van der Waals surface area contributed by atoms with Crippen molar-refractivity contribution < 1.29 is 24.1 Å². The lowest BCUT2D eigenvalue weighted by molar-refractivity contribution is -0.0807. The van der Waals surface area contributed by atoms with Crippen molar-refractivity contribution >= 4 is 0 Å². The zero-order valence-corrected chi connectivity index (χ0v) is 14.3. The van der Waals surface area contributed by atoms with Crippen molar-refractivity contribution in [1.29, 1.82) is 0 Å². The number of ether oxygens (including phenoxy) is 4. The van der Waals surface area contributed by atoms with Crippen LogP contribution in [-0.2, 0) is 18.9 Å². The molecule has 0 atom stereocenters. The van der Waals surface area contributed by atoms with E-state index in [2.05, 4.69) is 0 Å². The molecule has 0 heterocycles. The maximum atomic E-state index is 9.41. The topological polar surface area (TPSA) is 57.2 Å². The van der Waals surface area contributed by atoms with Gasteiger partial charge in [-0.05, 0) is 37.5 Å². The fraction of sp³-hybridized carbons (Fsp3) is 1.00. The van der Waals surface area contributed by atoms with Crippen molar-refractivity contribution in [3.05, 3.63) is 0 Å². The quantitative estimate of drug-likeness (QED) is 0.418. The van der Waals surface area contributed by atoms with E-state index in [1.54, 1.807) is 14.2 Å². The zero-order chi connectivity index (χ0) is 16.1. The average molecular weight is 318 g/mol. The highest BCUT2D eigenvalue weighted by Crippen LogP contribution is 2.43. The van der Waals surface area contributed by atoms with Crippen LogP contribution >= 0.6 is 0 Å². The van der Waals surface area contributed by atoms with Crippen LogP contribution in [0.1, 0.15) is 51.4 Å². The van der Waals surface area contributed by atoms with Crippen molar-refractivity contribution in [3.8, 4) is 0 Å². The molecule has 0 radical (unpaired) electrons. The highest BCUT2D eigenvalue weighted by Gasteiger charge is 2.31. The smallest absolute Gasteiger partial charge is 0.146 e. The molecule has 1 fully saturated rings. The number of hydrogen-bond acceptors (Lipinski definition) is 5. The molecule has 132 valence electrons. The Morgan fingerprint density at radius 3 is 2.00 bits per heavy atom. The highest BCUT2D eigenvalue weighted by atomic mass is 16.7. The highest BCUT2D eigenvalue weighted by molar-refractivity contribution is 4.83. The molecule has 5 nitrogen and oxygen atoms in total. The minimum absolute atomic E-state index is 0.297. The second-order valence-corrected chi connectivity index (χ2v) is 6.49. The molecule has 0 aliphatic heterocycles. The number of aliphatic hydroxyl groups is 1. The van der Waals surface area contributed by atoms with Gasteiger partial charge in [0.05, 0.1) is 13.2 Å². The number of hydrogen-bond donors (Lipinski definition) is 1. The first kappa shape index (κ1) is 19.8. The van der Waals surface area contributed by atoms with E-state index in [4.69, 9.17) is 18.9 Å². The standard InChI is InChI=1S/C17H34O5/c1-19-14-21-12-16(13-22-15-20-2)6-9-17(10-11-18)7-4-3-5-8-17/h16,18H,3-15H2,1-2H3. The van der Waals surface area contributed by atoms with Gasteiger partial charge in [-0.15, -0.1) is 0 Å². The van der Waals surface area contributed by atoms with Crippen LogP contribution < -0.4 is 0 Å². The first-order chi connectivity index (χ1) is 10.8. The molecule has 5 heteroatoms. The largest absolute Gasteiger partial charge is 0.396 e. The van der Waals surface area contributed by atoms with Crippen LogP contribution in [0.2, 0.25) is 0 Å². The van der Waals surface area contributed by atoms with E-state index in [-0.39, 0.29) is 0 Å². The molecule has 1 aliphatic carbocycles. The van der Waals surface area contributed by atoms with Gasteiger partial charge in [0.25, 0.3) is 0 Å². The molecule has 0 spiro atoms. The first-order valence-electron chi connectivity index (χ1n) is 8.50. The van der Waals surface area contributed by atoms with E-state index in [1.807, 2.05) is 0 Å². The Morgan fingerprint density at radius 2 is 1.50 bits per heavy atom. The molecule has 22 heavy (non-hydrogen) atoms. The second-order valence-electron chi connectivity index (χ2n) is 6.49. The minimum atomic E-state index is 0.297. The predicted octanol–water partition coefficient (Wildman–Crippen LogP) is 2.96. The van der Waals surface area contributed by atoms with Gasteiger partial charge < -0.3 is 24.1 Å². The summed E-state index contributed by atoms with van der Waals surface area (Å²) < 4.78 is 20.9. The average Bonchev–Trinajstić information content (AvgIpc) is 2.54. The normalized spacial score (nSPS) is 18.0. The van der Waals surface area contributed by atoms with Gasteiger partial charge in [0.2, 0.25) is 0 Å². The molecule has 0 unspecified atom stereocenters. The molecule has 1 saturated carbocycles. The van der Waals surface area contributed by atoms with Crippen molar-refractivity contribution in [3.63, 3.8) is 0 Å². The fourth-order valence-corrected chi connectivity index (χ4v) is 3.49. The molecule has 0 aromatic carbocycles. The molecular formula is C17H34O5. The maximum absolute atomic E-state index is 9.41. The molecule has 1 aliphatic rings. The monoisotopic (exact) mass is 318 g/mol. The van der Waals surface area contributed by atoms with E-state index < -0.39 is 0 Å². The Kier molecular flexibility index (Phi) is 11.1. The molecule has 1 N–H and O–H groups in total. The first-order valence-corrected chi connectivity index (χ1v) is 8.50. The van der Waals surface area contributed by atoms with Gasteiger partial charge in [-0.1, -0.05) is 19.3 Å². The van der Waals surface area contributed by atoms with Crippen LogP contribution in [0.4, 0.5) is 0 Å². The van der Waals surface area contributed by atoms with Crippen molar-refractivity contribution in [2.24, 2.45) is 11.3 Å². The van der Waals surface area contributed by atoms with Gasteiger partial charge in [-0.2, -0.15) is 0 Å². The summed E-state index contributed by atoms with van der Waals surface area (Å²) in [6.45, 7) is 2.23. The number of methoxy groups -OCH3 is 2. The van der Waals surface area contributed by atoms with Crippen molar-refractivity contribution in [2.75, 3.05) is 47.6 Å². The third-order valence-corrected chi connectivity index (χ3v) is 4.75. The van der Waals surface area contributed by atoms with Gasteiger partial charge >= 0.3 is 0 Å². The summed E-state index contributed by atoms with van der Waals surface area (Å²) in [5, 5.41) is 9.41. The summed E-state index contributed by atoms with van der Waals surface area (Å²) in [6.07, 6.45) is 9.56. The lowest BCUT2D eigenvalue weighted by atomic mass is 9.68. The number of rotatable bonds is 13. The lowest BCUT2D eigenvalue weighted by Gasteiger charge is -2.38. The minimum Gasteiger partial charge on any atom is -0.396 e. The summed E-state index contributed by atoms with van der Waals surface area (Å²) in [7, 11) is 3.27. The molecule has 1 rings (SSSR count). The van der Waals surface area contributed by atoms with Gasteiger partial charge in [0.15, 0.2) is 0 Å². The SMILES string of the molecule is COCOCC(CCC1(CCO)CCCCC1)COCOC. The molecule has 0 bridgehead atoms. The predicted molar refractivity (Wildman–Crippen MR) is 85.6 cm³/mol. The Labute approximate surface area is 135 Å². The van der Waals surface area contributed by atoms with Crippen molar-refractivity contribution in [2.45, 2.75) is 51.4 Å². The van der Waals surface area contributed by atoms with E-state index in [9.17, 15) is 5.11 Å². The summed E-state index contributed by atoms with van der Waals surface area (Å²) in [5.74, 6) is 0.350. The van der Waals surface area contributed by atoms with E-state index >= 15 is 0 Å². The molecule has 0 amide bonds. The molecular weight excluding hydrogens is 284 g/mol. The van der Waals surface area contributed by atoms with E-state index in [1.165, 1.54) is 32.1 Å². The summed E-state index contributed by atoms with van der Waals surface area (Å²) in [4.78, 5) is 0. The van der Waals surface area contributed by atoms with Gasteiger partial charge in [0.1, 0.15) is 13.6 Å². The van der Waals surface area contributed by atoms with E-state index in [0.717, 1.165) is 19.3 Å². The van der Waals surface area contributed by atoms with Crippen LogP contribution in [0.25, 0.3) is 0 Å². The Bertz CT molecular complexity index is 238. The van der Waals surface area contributed by atoms with Crippen molar-refractivity contribution in [1.82, 2.24) is 0 Å². The zero-order valence-electron chi connectivity index (χ0n) is 14.3. The van der Waals surface area contributed by atoms with Gasteiger partial charge in [0, 0.05) is 26.7 Å². The van der Waals surface area contributed by atoms with Crippen LogP contribution in [-0.4, -0.2) is 52.7 Å². The third kappa shape index (κ3) is 7.88. The molecule has 0 aromatic rings. The maximum Gasteiger partial charge on any atom is 0.146 e. The van der Waals surface area contributed by atoms with Crippen LogP contribution in [0, 0.1) is 11.3 Å². The van der Waals surface area contributed by atoms with Gasteiger partial charge in [-0.3, -0.25) is 0 Å². The van der Waals surface area contributed by atoms with Crippen LogP contribution in [0.15, 0.2) is 0 Å². The lowest BCUT2D eigenvalue weighted by Crippen LogP contribution is -2.28.